The van der Waals surface area contributed by atoms with E-state index in [1.165, 1.54) is 31.2 Å². The third-order valence-electron chi connectivity index (χ3n) is 6.50. The van der Waals surface area contributed by atoms with Gasteiger partial charge < -0.3 is 15.4 Å². The molecule has 0 spiro atoms. The largest absolute Gasteiger partial charge is 0.384 e. The molecule has 4 heteroatoms. The highest BCUT2D eigenvalue weighted by atomic mass is 16.5. The van der Waals surface area contributed by atoms with Crippen LogP contribution in [0, 0.1) is 5.41 Å². The highest BCUT2D eigenvalue weighted by Crippen LogP contribution is 2.38. The van der Waals surface area contributed by atoms with E-state index >= 15 is 0 Å². The SMILES string of the molecule is COCC1(C(=O)NCC2(c3ccccc3)CCCCCC2)CCNCC1. The third-order valence-corrected chi connectivity index (χ3v) is 6.50. The molecule has 3 rings (SSSR count). The molecule has 0 unspecified atom stereocenters. The highest BCUT2D eigenvalue weighted by molar-refractivity contribution is 5.83. The van der Waals surface area contributed by atoms with Gasteiger partial charge >= 0.3 is 0 Å². The molecule has 0 bridgehead atoms. The summed E-state index contributed by atoms with van der Waals surface area (Å²) in [7, 11) is 1.70. The van der Waals surface area contributed by atoms with Crippen LogP contribution in [-0.4, -0.2) is 39.3 Å². The molecular formula is C22H34N2O2. The van der Waals surface area contributed by atoms with Gasteiger partial charge in [-0.15, -0.1) is 0 Å². The number of hydrogen-bond acceptors (Lipinski definition) is 3. The molecule has 2 N–H and O–H groups in total. The summed E-state index contributed by atoms with van der Waals surface area (Å²) in [5, 5.41) is 6.73. The number of nitrogens with one attached hydrogen (secondary N) is 2. The van der Waals surface area contributed by atoms with Gasteiger partial charge in [0.2, 0.25) is 5.91 Å². The summed E-state index contributed by atoms with van der Waals surface area (Å²) in [5.74, 6) is 0.181. The lowest BCUT2D eigenvalue weighted by Crippen LogP contribution is -2.52. The smallest absolute Gasteiger partial charge is 0.228 e. The second kappa shape index (κ2) is 9.01. The fourth-order valence-electron chi connectivity index (χ4n) is 4.82. The molecule has 2 fully saturated rings. The van der Waals surface area contributed by atoms with Gasteiger partial charge in [-0.05, 0) is 44.3 Å². The number of carbonyl (C=O) groups is 1. The van der Waals surface area contributed by atoms with Crippen molar-refractivity contribution in [3.63, 3.8) is 0 Å². The van der Waals surface area contributed by atoms with Crippen molar-refractivity contribution in [1.82, 2.24) is 10.6 Å². The van der Waals surface area contributed by atoms with Crippen LogP contribution >= 0.6 is 0 Å². The molecule has 1 aromatic rings. The highest BCUT2D eigenvalue weighted by Gasteiger charge is 2.41. The molecule has 4 nitrogen and oxygen atoms in total. The van der Waals surface area contributed by atoms with E-state index in [0.29, 0.717) is 6.61 Å². The summed E-state index contributed by atoms with van der Waals surface area (Å²) in [5.41, 5.74) is 1.09. The van der Waals surface area contributed by atoms with Gasteiger partial charge in [-0.2, -0.15) is 0 Å². The quantitative estimate of drug-likeness (QED) is 0.766. The number of ether oxygens (including phenoxy) is 1. The maximum Gasteiger partial charge on any atom is 0.228 e. The number of rotatable bonds is 6. The standard InChI is InChI=1S/C22H34N2O2/c1-26-18-22(13-15-23-16-14-22)20(25)24-17-21(11-7-2-3-8-12-21)19-9-5-4-6-10-19/h4-6,9-10,23H,2-3,7-8,11-18H2,1H3,(H,24,25). The minimum absolute atomic E-state index is 0.0780. The van der Waals surface area contributed by atoms with E-state index in [4.69, 9.17) is 4.74 Å². The monoisotopic (exact) mass is 358 g/mol. The van der Waals surface area contributed by atoms with Crippen LogP contribution in [0.4, 0.5) is 0 Å². The molecule has 1 saturated carbocycles. The zero-order chi connectivity index (χ0) is 18.3. The molecule has 0 atom stereocenters. The Labute approximate surface area is 158 Å². The van der Waals surface area contributed by atoms with Crippen LogP contribution in [0.1, 0.15) is 56.9 Å². The van der Waals surface area contributed by atoms with Crippen LogP contribution in [0.2, 0.25) is 0 Å². The Balaban J connectivity index is 1.75. The van der Waals surface area contributed by atoms with Crippen LogP contribution in [0.5, 0.6) is 0 Å². The summed E-state index contributed by atoms with van der Waals surface area (Å²) < 4.78 is 5.44. The minimum atomic E-state index is -0.372. The van der Waals surface area contributed by atoms with Gasteiger partial charge in [0.15, 0.2) is 0 Å². The van der Waals surface area contributed by atoms with Crippen molar-refractivity contribution in [3.8, 4) is 0 Å². The van der Waals surface area contributed by atoms with Gasteiger partial charge in [0.05, 0.1) is 12.0 Å². The number of carbonyl (C=O) groups excluding carboxylic acids is 1. The summed E-state index contributed by atoms with van der Waals surface area (Å²) in [6.45, 7) is 3.04. The number of hydrogen-bond donors (Lipinski definition) is 2. The van der Waals surface area contributed by atoms with Crippen molar-refractivity contribution >= 4 is 5.91 Å². The number of benzene rings is 1. The topological polar surface area (TPSA) is 50.4 Å². The van der Waals surface area contributed by atoms with E-state index in [1.807, 2.05) is 0 Å². The Morgan fingerprint density at radius 1 is 1.04 bits per heavy atom. The Bertz CT molecular complexity index is 553. The molecule has 1 saturated heterocycles. The Hall–Kier alpha value is -1.39. The van der Waals surface area contributed by atoms with Crippen LogP contribution in [0.3, 0.4) is 0 Å². The average Bonchev–Trinajstić information content (AvgIpc) is 2.94. The van der Waals surface area contributed by atoms with Gasteiger partial charge in [0.1, 0.15) is 0 Å². The maximum absolute atomic E-state index is 13.2. The van der Waals surface area contributed by atoms with Crippen LogP contribution in [0.15, 0.2) is 30.3 Å². The maximum atomic E-state index is 13.2. The van der Waals surface area contributed by atoms with Gasteiger partial charge in [-0.25, -0.2) is 0 Å². The Kier molecular flexibility index (Phi) is 6.71. The molecule has 1 aliphatic carbocycles. The Morgan fingerprint density at radius 2 is 1.69 bits per heavy atom. The fourth-order valence-corrected chi connectivity index (χ4v) is 4.82. The van der Waals surface area contributed by atoms with Crippen molar-refractivity contribution < 1.29 is 9.53 Å². The molecule has 0 radical (unpaired) electrons. The molecular weight excluding hydrogens is 324 g/mol. The Morgan fingerprint density at radius 3 is 2.31 bits per heavy atom. The molecule has 26 heavy (non-hydrogen) atoms. The van der Waals surface area contributed by atoms with E-state index in [1.54, 1.807) is 7.11 Å². The van der Waals surface area contributed by atoms with Crippen molar-refractivity contribution in [2.75, 3.05) is 33.4 Å². The lowest BCUT2D eigenvalue weighted by molar-refractivity contribution is -0.136. The van der Waals surface area contributed by atoms with Crippen molar-refractivity contribution in [2.45, 2.75) is 56.8 Å². The zero-order valence-corrected chi connectivity index (χ0v) is 16.2. The number of methoxy groups -OCH3 is 1. The van der Waals surface area contributed by atoms with Gasteiger partial charge in [-0.1, -0.05) is 56.0 Å². The summed E-state index contributed by atoms with van der Waals surface area (Å²) >= 11 is 0. The first kappa shape index (κ1) is 19.4. The molecule has 144 valence electrons. The van der Waals surface area contributed by atoms with Gasteiger partial charge in [0, 0.05) is 19.1 Å². The molecule has 1 aliphatic heterocycles. The predicted octanol–water partition coefficient (Wildman–Crippen LogP) is 3.41. The summed E-state index contributed by atoms with van der Waals surface area (Å²) in [4.78, 5) is 13.2. The zero-order valence-electron chi connectivity index (χ0n) is 16.2. The second-order valence-corrected chi connectivity index (χ2v) is 8.21. The van der Waals surface area contributed by atoms with Crippen LogP contribution in [0.25, 0.3) is 0 Å². The predicted molar refractivity (Wildman–Crippen MR) is 105 cm³/mol. The van der Waals surface area contributed by atoms with E-state index in [0.717, 1.165) is 45.3 Å². The minimum Gasteiger partial charge on any atom is -0.384 e. The van der Waals surface area contributed by atoms with Crippen molar-refractivity contribution in [3.05, 3.63) is 35.9 Å². The van der Waals surface area contributed by atoms with E-state index in [9.17, 15) is 4.79 Å². The molecule has 0 aromatic heterocycles. The van der Waals surface area contributed by atoms with E-state index < -0.39 is 0 Å². The van der Waals surface area contributed by atoms with Crippen molar-refractivity contribution in [1.29, 1.82) is 0 Å². The first-order valence-electron chi connectivity index (χ1n) is 10.2. The summed E-state index contributed by atoms with van der Waals surface area (Å²) in [6, 6.07) is 10.8. The van der Waals surface area contributed by atoms with Gasteiger partial charge in [-0.3, -0.25) is 4.79 Å². The molecule has 2 aliphatic rings. The summed E-state index contributed by atoms with van der Waals surface area (Å²) in [6.07, 6.45) is 9.14. The third kappa shape index (κ3) is 4.29. The lowest BCUT2D eigenvalue weighted by atomic mass is 9.73. The number of amides is 1. The van der Waals surface area contributed by atoms with Crippen molar-refractivity contribution in [2.24, 2.45) is 5.41 Å². The first-order chi connectivity index (χ1) is 12.7. The lowest BCUT2D eigenvalue weighted by Gasteiger charge is -2.38. The molecule has 1 aromatic carbocycles. The molecule has 1 amide bonds. The average molecular weight is 359 g/mol. The molecule has 1 heterocycles. The van der Waals surface area contributed by atoms with Crippen LogP contribution < -0.4 is 10.6 Å². The number of piperidine rings is 1. The first-order valence-corrected chi connectivity index (χ1v) is 10.2. The normalized spacial score (nSPS) is 22.3. The van der Waals surface area contributed by atoms with Crippen LogP contribution in [-0.2, 0) is 14.9 Å². The fraction of sp³-hybridized carbons (Fsp3) is 0.682. The van der Waals surface area contributed by atoms with Gasteiger partial charge in [0.25, 0.3) is 0 Å². The second-order valence-electron chi connectivity index (χ2n) is 8.21. The van der Waals surface area contributed by atoms with E-state index in [-0.39, 0.29) is 16.7 Å². The van der Waals surface area contributed by atoms with E-state index in [2.05, 4.69) is 41.0 Å².